The fraction of sp³-hybridized carbons (Fsp3) is 0.750. The zero-order valence-corrected chi connectivity index (χ0v) is 7.79. The fourth-order valence-electron chi connectivity index (χ4n) is 0.894. The maximum absolute atomic E-state index is 11.0. The lowest BCUT2D eigenvalue weighted by Crippen LogP contribution is -2.30. The Balaban J connectivity index is 4.43. The Kier molecular flexibility index (Phi) is 4.33. The van der Waals surface area contributed by atoms with Crippen LogP contribution in [0.15, 0.2) is 0 Å². The van der Waals surface area contributed by atoms with Crippen molar-refractivity contribution in [3.05, 3.63) is 0 Å². The van der Waals surface area contributed by atoms with E-state index in [1.807, 2.05) is 0 Å². The molecule has 0 rings (SSSR count). The second kappa shape index (κ2) is 4.74. The number of carbonyl (C=O) groups is 2. The van der Waals surface area contributed by atoms with Gasteiger partial charge in [-0.25, -0.2) is 0 Å². The molecule has 4 heteroatoms. The van der Waals surface area contributed by atoms with Crippen LogP contribution in [-0.2, 0) is 19.1 Å². The summed E-state index contributed by atoms with van der Waals surface area (Å²) < 4.78 is 8.91. The summed E-state index contributed by atoms with van der Waals surface area (Å²) in [6.07, 6.45) is 0. The number of hydrogen-bond acceptors (Lipinski definition) is 4. The van der Waals surface area contributed by atoms with Crippen LogP contribution in [0.1, 0.15) is 13.8 Å². The van der Waals surface area contributed by atoms with E-state index in [2.05, 4.69) is 9.47 Å². The van der Waals surface area contributed by atoms with E-state index in [0.717, 1.165) is 0 Å². The molecule has 0 saturated heterocycles. The van der Waals surface area contributed by atoms with E-state index in [1.54, 1.807) is 13.8 Å². The number of rotatable bonds is 3. The number of carbonyl (C=O) groups excluding carboxylic acids is 2. The average molecular weight is 174 g/mol. The number of ether oxygens (including phenoxy) is 2. The Hall–Kier alpha value is -1.06. The van der Waals surface area contributed by atoms with E-state index in [0.29, 0.717) is 0 Å². The monoisotopic (exact) mass is 174 g/mol. The van der Waals surface area contributed by atoms with E-state index in [-0.39, 0.29) is 5.92 Å². The zero-order chi connectivity index (χ0) is 9.72. The molecule has 12 heavy (non-hydrogen) atoms. The normalized spacial score (nSPS) is 10.2. The summed E-state index contributed by atoms with van der Waals surface area (Å²) in [6.45, 7) is 3.52. The summed E-state index contributed by atoms with van der Waals surface area (Å²) in [5.41, 5.74) is 0. The smallest absolute Gasteiger partial charge is 0.320 e. The molecule has 0 aromatic carbocycles. The van der Waals surface area contributed by atoms with Crippen molar-refractivity contribution in [3.63, 3.8) is 0 Å². The maximum Gasteiger partial charge on any atom is 0.320 e. The van der Waals surface area contributed by atoms with Crippen LogP contribution >= 0.6 is 0 Å². The van der Waals surface area contributed by atoms with Gasteiger partial charge in [0.15, 0.2) is 5.92 Å². The molecule has 0 unspecified atom stereocenters. The third-order valence-corrected chi connectivity index (χ3v) is 1.58. The Morgan fingerprint density at radius 1 is 1.00 bits per heavy atom. The van der Waals surface area contributed by atoms with Crippen LogP contribution in [0.5, 0.6) is 0 Å². The quantitative estimate of drug-likeness (QED) is 0.464. The van der Waals surface area contributed by atoms with Crippen LogP contribution in [-0.4, -0.2) is 26.2 Å². The van der Waals surface area contributed by atoms with Crippen molar-refractivity contribution in [1.29, 1.82) is 0 Å². The highest BCUT2D eigenvalue weighted by Gasteiger charge is 2.31. The van der Waals surface area contributed by atoms with Gasteiger partial charge in [-0.2, -0.15) is 0 Å². The summed E-state index contributed by atoms with van der Waals surface area (Å²) >= 11 is 0. The first kappa shape index (κ1) is 10.9. The van der Waals surface area contributed by atoms with Crippen LogP contribution in [0.2, 0.25) is 0 Å². The molecule has 0 spiro atoms. The molecule has 0 fully saturated rings. The highest BCUT2D eigenvalue weighted by atomic mass is 16.5. The minimum Gasteiger partial charge on any atom is -0.468 e. The molecule has 0 saturated carbocycles. The first-order valence-electron chi connectivity index (χ1n) is 3.70. The van der Waals surface area contributed by atoms with Gasteiger partial charge in [0, 0.05) is 0 Å². The van der Waals surface area contributed by atoms with Crippen LogP contribution in [0, 0.1) is 11.8 Å². The van der Waals surface area contributed by atoms with Gasteiger partial charge in [-0.1, -0.05) is 13.8 Å². The molecule has 0 bridgehead atoms. The Morgan fingerprint density at radius 2 is 1.33 bits per heavy atom. The lowest BCUT2D eigenvalue weighted by Gasteiger charge is -2.14. The highest BCUT2D eigenvalue weighted by molar-refractivity contribution is 5.95. The van der Waals surface area contributed by atoms with Gasteiger partial charge in [0.05, 0.1) is 14.2 Å². The lowest BCUT2D eigenvalue weighted by atomic mass is 9.96. The predicted octanol–water partition coefficient (Wildman–Crippen LogP) is 0.605. The van der Waals surface area contributed by atoms with Crippen LogP contribution in [0.3, 0.4) is 0 Å². The zero-order valence-electron chi connectivity index (χ0n) is 7.79. The molecule has 70 valence electrons. The summed E-state index contributed by atoms with van der Waals surface area (Å²) in [6, 6.07) is 0. The first-order valence-corrected chi connectivity index (χ1v) is 3.70. The second-order valence-corrected chi connectivity index (χ2v) is 2.77. The molecular weight excluding hydrogens is 160 g/mol. The third-order valence-electron chi connectivity index (χ3n) is 1.58. The Labute approximate surface area is 71.8 Å². The van der Waals surface area contributed by atoms with Gasteiger partial charge in [0.25, 0.3) is 0 Å². The Morgan fingerprint density at radius 3 is 1.50 bits per heavy atom. The van der Waals surface area contributed by atoms with E-state index in [9.17, 15) is 9.59 Å². The summed E-state index contributed by atoms with van der Waals surface area (Å²) in [5, 5.41) is 0. The molecule has 0 N–H and O–H groups in total. The molecule has 0 radical (unpaired) electrons. The highest BCUT2D eigenvalue weighted by Crippen LogP contribution is 2.13. The van der Waals surface area contributed by atoms with Crippen LogP contribution in [0.4, 0.5) is 0 Å². The minimum atomic E-state index is -0.806. The molecule has 0 aromatic rings. The third kappa shape index (κ3) is 2.53. The van der Waals surface area contributed by atoms with Crippen molar-refractivity contribution in [2.75, 3.05) is 14.2 Å². The summed E-state index contributed by atoms with van der Waals surface area (Å²) in [4.78, 5) is 22.1. The Bertz CT molecular complexity index is 158. The number of hydrogen-bond donors (Lipinski definition) is 0. The summed E-state index contributed by atoms with van der Waals surface area (Å²) in [5.74, 6) is -2.00. The van der Waals surface area contributed by atoms with Gasteiger partial charge in [-0.05, 0) is 5.92 Å². The van der Waals surface area contributed by atoms with E-state index in [1.165, 1.54) is 14.2 Å². The molecule has 0 aliphatic rings. The van der Waals surface area contributed by atoms with Crippen molar-refractivity contribution in [2.45, 2.75) is 13.8 Å². The van der Waals surface area contributed by atoms with Crippen LogP contribution < -0.4 is 0 Å². The summed E-state index contributed by atoms with van der Waals surface area (Å²) in [7, 11) is 2.50. The van der Waals surface area contributed by atoms with Gasteiger partial charge in [0.1, 0.15) is 0 Å². The fourth-order valence-corrected chi connectivity index (χ4v) is 0.894. The topological polar surface area (TPSA) is 52.6 Å². The molecule has 0 heterocycles. The molecular formula is C8H14O4. The van der Waals surface area contributed by atoms with Crippen molar-refractivity contribution >= 4 is 11.9 Å². The predicted molar refractivity (Wildman–Crippen MR) is 42.4 cm³/mol. The van der Waals surface area contributed by atoms with Crippen molar-refractivity contribution in [2.24, 2.45) is 11.8 Å². The molecule has 0 aliphatic heterocycles. The molecule has 0 amide bonds. The van der Waals surface area contributed by atoms with Gasteiger partial charge in [0.2, 0.25) is 0 Å². The SMILES string of the molecule is COC(=O)C(C(=O)OC)C(C)C. The van der Waals surface area contributed by atoms with Gasteiger partial charge < -0.3 is 9.47 Å². The van der Waals surface area contributed by atoms with Crippen molar-refractivity contribution in [3.8, 4) is 0 Å². The number of methoxy groups -OCH3 is 2. The van der Waals surface area contributed by atoms with Gasteiger partial charge >= 0.3 is 11.9 Å². The second-order valence-electron chi connectivity index (χ2n) is 2.77. The first-order chi connectivity index (χ1) is 5.54. The minimum absolute atomic E-state index is 0.107. The maximum atomic E-state index is 11.0. The van der Waals surface area contributed by atoms with E-state index in [4.69, 9.17) is 0 Å². The van der Waals surface area contributed by atoms with Gasteiger partial charge in [-0.3, -0.25) is 9.59 Å². The molecule has 0 atom stereocenters. The van der Waals surface area contributed by atoms with E-state index >= 15 is 0 Å². The largest absolute Gasteiger partial charge is 0.468 e. The van der Waals surface area contributed by atoms with Crippen LogP contribution in [0.25, 0.3) is 0 Å². The molecule has 0 aromatic heterocycles. The molecule has 0 aliphatic carbocycles. The lowest BCUT2D eigenvalue weighted by molar-refractivity contribution is -0.160. The number of esters is 2. The van der Waals surface area contributed by atoms with E-state index < -0.39 is 17.9 Å². The molecule has 4 nitrogen and oxygen atoms in total. The van der Waals surface area contributed by atoms with Crippen molar-refractivity contribution in [1.82, 2.24) is 0 Å². The van der Waals surface area contributed by atoms with Crippen molar-refractivity contribution < 1.29 is 19.1 Å². The standard InChI is InChI=1S/C8H14O4/c1-5(2)6(7(9)11-3)8(10)12-4/h5-6H,1-4H3. The average Bonchev–Trinajstić information content (AvgIpc) is 2.03. The van der Waals surface area contributed by atoms with Gasteiger partial charge in [-0.15, -0.1) is 0 Å².